The minimum Gasteiger partial charge on any atom is -0.366 e. The number of carbonyl (C=O) groups excluding carboxylic acids is 1. The van der Waals surface area contributed by atoms with Crippen molar-refractivity contribution in [1.82, 2.24) is 9.73 Å². The molecular formula is C7H15N2O3P. The standard InChI is InChI=1S/C7H15N2O3P/c1-8(11-2)7(10)6-5-9(13)3-4-12-6/h6H,3-5,13H2,1-2H3/t6-/m0/s1. The highest BCUT2D eigenvalue weighted by Crippen LogP contribution is 2.10. The van der Waals surface area contributed by atoms with Crippen molar-refractivity contribution >= 4 is 15.3 Å². The van der Waals surface area contributed by atoms with Gasteiger partial charge in [-0.15, -0.1) is 0 Å². The molecule has 0 spiro atoms. The number of amides is 1. The molecule has 0 saturated carbocycles. The quantitative estimate of drug-likeness (QED) is 0.451. The van der Waals surface area contributed by atoms with Crippen LogP contribution in [-0.2, 0) is 14.4 Å². The number of rotatable bonds is 2. The van der Waals surface area contributed by atoms with Crippen molar-refractivity contribution in [3.8, 4) is 0 Å². The molecule has 0 aromatic heterocycles. The van der Waals surface area contributed by atoms with Crippen molar-refractivity contribution in [2.75, 3.05) is 33.9 Å². The van der Waals surface area contributed by atoms with Crippen LogP contribution in [0, 0.1) is 0 Å². The van der Waals surface area contributed by atoms with Gasteiger partial charge < -0.3 is 4.74 Å². The van der Waals surface area contributed by atoms with E-state index in [4.69, 9.17) is 9.57 Å². The topological polar surface area (TPSA) is 42.0 Å². The summed E-state index contributed by atoms with van der Waals surface area (Å²) >= 11 is 0. The average Bonchev–Trinajstić information content (AvgIpc) is 2.15. The van der Waals surface area contributed by atoms with Gasteiger partial charge in [-0.25, -0.2) is 5.06 Å². The third kappa shape index (κ3) is 2.88. The highest BCUT2D eigenvalue weighted by molar-refractivity contribution is 7.13. The fourth-order valence-corrected chi connectivity index (χ4v) is 1.41. The van der Waals surface area contributed by atoms with Gasteiger partial charge in [-0.1, -0.05) is 9.39 Å². The van der Waals surface area contributed by atoms with E-state index in [2.05, 4.69) is 9.39 Å². The summed E-state index contributed by atoms with van der Waals surface area (Å²) in [7, 11) is 5.60. The van der Waals surface area contributed by atoms with Crippen LogP contribution in [0.15, 0.2) is 0 Å². The highest BCUT2D eigenvalue weighted by atomic mass is 31.0. The fourth-order valence-electron chi connectivity index (χ4n) is 1.11. The first-order chi connectivity index (χ1) is 6.15. The van der Waals surface area contributed by atoms with Crippen molar-refractivity contribution in [1.29, 1.82) is 0 Å². The van der Waals surface area contributed by atoms with Crippen molar-refractivity contribution in [3.05, 3.63) is 0 Å². The number of ether oxygens (including phenoxy) is 1. The van der Waals surface area contributed by atoms with Crippen molar-refractivity contribution in [2.45, 2.75) is 6.10 Å². The van der Waals surface area contributed by atoms with Crippen LogP contribution in [0.5, 0.6) is 0 Å². The fraction of sp³-hybridized carbons (Fsp3) is 0.857. The van der Waals surface area contributed by atoms with E-state index in [-0.39, 0.29) is 5.91 Å². The van der Waals surface area contributed by atoms with Crippen LogP contribution in [0.3, 0.4) is 0 Å². The molecule has 0 radical (unpaired) electrons. The molecule has 1 aliphatic heterocycles. The van der Waals surface area contributed by atoms with E-state index in [1.165, 1.54) is 12.2 Å². The SMILES string of the molecule is CON(C)C(=O)[C@@H]1CN(P)CCO1. The maximum absolute atomic E-state index is 11.5. The Bertz CT molecular complexity index is 191. The van der Waals surface area contributed by atoms with Crippen LogP contribution in [0.25, 0.3) is 0 Å². The van der Waals surface area contributed by atoms with Crippen molar-refractivity contribution in [3.63, 3.8) is 0 Å². The van der Waals surface area contributed by atoms with Gasteiger partial charge in [0, 0.05) is 20.1 Å². The van der Waals surface area contributed by atoms with Gasteiger partial charge in [0.2, 0.25) is 0 Å². The Kier molecular flexibility index (Phi) is 4.06. The molecule has 76 valence electrons. The monoisotopic (exact) mass is 206 g/mol. The molecule has 1 rings (SSSR count). The molecule has 6 heteroatoms. The van der Waals surface area contributed by atoms with Gasteiger partial charge in [-0.2, -0.15) is 0 Å². The number of carbonyl (C=O) groups is 1. The molecule has 1 saturated heterocycles. The molecule has 13 heavy (non-hydrogen) atoms. The Hall–Kier alpha value is -0.220. The molecule has 0 aromatic carbocycles. The minimum atomic E-state index is -0.406. The second-order valence-corrected chi connectivity index (χ2v) is 3.60. The number of hydroxylamine groups is 2. The molecule has 1 aliphatic rings. The van der Waals surface area contributed by atoms with E-state index >= 15 is 0 Å². The number of nitrogens with zero attached hydrogens (tertiary/aromatic N) is 2. The van der Waals surface area contributed by atoms with Crippen LogP contribution in [-0.4, -0.2) is 55.6 Å². The Morgan fingerprint density at radius 2 is 2.46 bits per heavy atom. The highest BCUT2D eigenvalue weighted by Gasteiger charge is 2.27. The van der Waals surface area contributed by atoms with E-state index in [0.717, 1.165) is 6.54 Å². The summed E-state index contributed by atoms with van der Waals surface area (Å²) in [6.07, 6.45) is -0.406. The molecule has 1 amide bonds. The lowest BCUT2D eigenvalue weighted by Crippen LogP contribution is -2.47. The van der Waals surface area contributed by atoms with Gasteiger partial charge in [0.1, 0.15) is 0 Å². The Morgan fingerprint density at radius 1 is 1.77 bits per heavy atom. The normalized spacial score (nSPS) is 24.4. The van der Waals surface area contributed by atoms with E-state index in [9.17, 15) is 4.79 Å². The lowest BCUT2D eigenvalue weighted by atomic mass is 10.3. The number of hydrogen-bond acceptors (Lipinski definition) is 4. The summed E-state index contributed by atoms with van der Waals surface area (Å²) in [6, 6.07) is 0. The summed E-state index contributed by atoms with van der Waals surface area (Å²) < 4.78 is 7.29. The lowest BCUT2D eigenvalue weighted by Gasteiger charge is -2.30. The van der Waals surface area contributed by atoms with Gasteiger partial charge in [0.05, 0.1) is 13.7 Å². The van der Waals surface area contributed by atoms with E-state index in [1.54, 1.807) is 7.05 Å². The average molecular weight is 206 g/mol. The number of likely N-dealkylation sites (N-methyl/N-ethyl adjacent to an activating group) is 1. The summed E-state index contributed by atoms with van der Waals surface area (Å²) in [6.45, 7) is 2.01. The molecule has 5 nitrogen and oxygen atoms in total. The van der Waals surface area contributed by atoms with Gasteiger partial charge >= 0.3 is 0 Å². The molecule has 0 bridgehead atoms. The Balaban J connectivity index is 2.46. The van der Waals surface area contributed by atoms with E-state index in [1.807, 2.05) is 4.67 Å². The summed E-state index contributed by atoms with van der Waals surface area (Å²) in [4.78, 5) is 16.3. The predicted molar refractivity (Wildman–Crippen MR) is 50.8 cm³/mol. The molecule has 1 heterocycles. The van der Waals surface area contributed by atoms with Crippen LogP contribution < -0.4 is 0 Å². The van der Waals surface area contributed by atoms with Gasteiger partial charge in [0.25, 0.3) is 5.91 Å². The van der Waals surface area contributed by atoms with Gasteiger partial charge in [0.15, 0.2) is 6.10 Å². The zero-order chi connectivity index (χ0) is 9.84. The third-order valence-electron chi connectivity index (χ3n) is 1.96. The number of hydrogen-bond donors (Lipinski definition) is 0. The second-order valence-electron chi connectivity index (χ2n) is 2.87. The summed E-state index contributed by atoms with van der Waals surface area (Å²) in [5.74, 6) is -0.144. The van der Waals surface area contributed by atoms with Crippen LogP contribution in [0.1, 0.15) is 0 Å². The first kappa shape index (κ1) is 10.9. The van der Waals surface area contributed by atoms with Crippen molar-refractivity contribution in [2.24, 2.45) is 0 Å². The predicted octanol–water partition coefficient (Wildman–Crippen LogP) is -0.503. The largest absolute Gasteiger partial charge is 0.366 e. The zero-order valence-corrected chi connectivity index (χ0v) is 9.05. The Labute approximate surface area is 80.2 Å². The second kappa shape index (κ2) is 4.86. The van der Waals surface area contributed by atoms with Crippen LogP contribution >= 0.6 is 9.39 Å². The van der Waals surface area contributed by atoms with E-state index in [0.29, 0.717) is 13.2 Å². The first-order valence-electron chi connectivity index (χ1n) is 4.08. The molecule has 2 atom stereocenters. The lowest BCUT2D eigenvalue weighted by molar-refractivity contribution is -0.183. The molecular weight excluding hydrogens is 191 g/mol. The Morgan fingerprint density at radius 3 is 3.00 bits per heavy atom. The van der Waals surface area contributed by atoms with E-state index < -0.39 is 6.10 Å². The first-order valence-corrected chi connectivity index (χ1v) is 4.59. The third-order valence-corrected chi connectivity index (χ3v) is 2.43. The van der Waals surface area contributed by atoms with Gasteiger partial charge in [-0.3, -0.25) is 14.3 Å². The van der Waals surface area contributed by atoms with Gasteiger partial charge in [-0.05, 0) is 0 Å². The van der Waals surface area contributed by atoms with Crippen molar-refractivity contribution < 1.29 is 14.4 Å². The molecule has 0 aromatic rings. The molecule has 0 aliphatic carbocycles. The maximum Gasteiger partial charge on any atom is 0.276 e. The van der Waals surface area contributed by atoms with Crippen LogP contribution in [0.4, 0.5) is 0 Å². The molecule has 0 N–H and O–H groups in total. The number of morpholine rings is 1. The van der Waals surface area contributed by atoms with Crippen LogP contribution in [0.2, 0.25) is 0 Å². The maximum atomic E-state index is 11.5. The minimum absolute atomic E-state index is 0.144. The summed E-state index contributed by atoms with van der Waals surface area (Å²) in [5, 5.41) is 1.19. The molecule has 1 fully saturated rings. The summed E-state index contributed by atoms with van der Waals surface area (Å²) in [5.41, 5.74) is 0. The smallest absolute Gasteiger partial charge is 0.276 e. The zero-order valence-electron chi connectivity index (χ0n) is 7.90. The molecule has 1 unspecified atom stereocenters.